The van der Waals surface area contributed by atoms with E-state index in [0.717, 1.165) is 24.1 Å². The number of nitrogens with zero attached hydrogens (tertiary/aromatic N) is 1. The number of carbonyl (C=O) groups is 2. The minimum Gasteiger partial charge on any atom is -0.467 e. The number of fused-ring (bicyclic) bond motifs is 1. The monoisotopic (exact) mass is 290 g/mol. The number of amides is 2. The molecule has 5 heteroatoms. The molecule has 0 radical (unpaired) electrons. The number of urea groups is 1. The number of hydrogen-bond donors (Lipinski definition) is 1. The number of ether oxygens (including phenoxy) is 1. The van der Waals surface area contributed by atoms with Gasteiger partial charge in [-0.05, 0) is 24.0 Å². The summed E-state index contributed by atoms with van der Waals surface area (Å²) in [4.78, 5) is 26.0. The van der Waals surface area contributed by atoms with Crippen LogP contribution in [-0.2, 0) is 16.0 Å². The molecular weight excluding hydrogens is 268 g/mol. The van der Waals surface area contributed by atoms with Gasteiger partial charge in [-0.15, -0.1) is 0 Å². The van der Waals surface area contributed by atoms with E-state index in [1.165, 1.54) is 7.11 Å². The lowest BCUT2D eigenvalue weighted by Crippen LogP contribution is -2.50. The third kappa shape index (κ3) is 3.17. The van der Waals surface area contributed by atoms with Crippen LogP contribution in [0.4, 0.5) is 10.5 Å². The van der Waals surface area contributed by atoms with Crippen LogP contribution < -0.4 is 10.2 Å². The molecule has 0 saturated carbocycles. The van der Waals surface area contributed by atoms with Gasteiger partial charge < -0.3 is 10.1 Å². The van der Waals surface area contributed by atoms with E-state index < -0.39 is 12.0 Å². The van der Waals surface area contributed by atoms with Gasteiger partial charge in [0.25, 0.3) is 0 Å². The summed E-state index contributed by atoms with van der Waals surface area (Å²) in [5.74, 6) is -0.371. The summed E-state index contributed by atoms with van der Waals surface area (Å²) in [6.45, 7) is 4.55. The normalized spacial score (nSPS) is 16.0. The maximum Gasteiger partial charge on any atom is 0.328 e. The second-order valence-electron chi connectivity index (χ2n) is 5.37. The largest absolute Gasteiger partial charge is 0.467 e. The first-order valence-electron chi connectivity index (χ1n) is 7.32. The number of anilines is 1. The molecule has 0 saturated heterocycles. The van der Waals surface area contributed by atoms with Crippen molar-refractivity contribution in [3.05, 3.63) is 29.8 Å². The third-order valence-electron chi connectivity index (χ3n) is 4.08. The highest BCUT2D eigenvalue weighted by molar-refractivity contribution is 5.96. The average Bonchev–Trinajstić information content (AvgIpc) is 2.95. The van der Waals surface area contributed by atoms with Crippen molar-refractivity contribution in [1.82, 2.24) is 5.32 Å². The highest BCUT2D eigenvalue weighted by Crippen LogP contribution is 2.27. The Hall–Kier alpha value is -2.04. The van der Waals surface area contributed by atoms with Gasteiger partial charge in [0.2, 0.25) is 0 Å². The molecule has 1 aromatic carbocycles. The molecule has 21 heavy (non-hydrogen) atoms. The quantitative estimate of drug-likeness (QED) is 0.866. The molecule has 0 unspecified atom stereocenters. The van der Waals surface area contributed by atoms with Crippen LogP contribution in [0, 0.1) is 5.92 Å². The van der Waals surface area contributed by atoms with E-state index in [-0.39, 0.29) is 11.9 Å². The third-order valence-corrected chi connectivity index (χ3v) is 4.08. The minimum atomic E-state index is -0.611. The molecular formula is C16H22N2O3. The highest BCUT2D eigenvalue weighted by atomic mass is 16.5. The van der Waals surface area contributed by atoms with E-state index in [4.69, 9.17) is 4.74 Å². The minimum absolute atomic E-state index is 0.0271. The Balaban J connectivity index is 2.12. The summed E-state index contributed by atoms with van der Waals surface area (Å²) in [6, 6.07) is 6.98. The molecule has 0 aromatic heterocycles. The Morgan fingerprint density at radius 3 is 2.76 bits per heavy atom. The van der Waals surface area contributed by atoms with Crippen LogP contribution in [-0.4, -0.2) is 31.7 Å². The predicted octanol–water partition coefficient (Wildman–Crippen LogP) is 2.35. The molecule has 0 spiro atoms. The van der Waals surface area contributed by atoms with Gasteiger partial charge >= 0.3 is 12.0 Å². The first-order chi connectivity index (χ1) is 10.1. The fourth-order valence-electron chi connectivity index (χ4n) is 2.56. The van der Waals surface area contributed by atoms with Crippen LogP contribution in [0.1, 0.15) is 25.8 Å². The number of hydrogen-bond acceptors (Lipinski definition) is 3. The average molecular weight is 290 g/mol. The summed E-state index contributed by atoms with van der Waals surface area (Å²) >= 11 is 0. The van der Waals surface area contributed by atoms with E-state index in [0.29, 0.717) is 6.54 Å². The zero-order valence-electron chi connectivity index (χ0n) is 12.8. The lowest BCUT2D eigenvalue weighted by molar-refractivity contribution is -0.144. The molecule has 1 aliphatic heterocycles. The van der Waals surface area contributed by atoms with Gasteiger partial charge in [-0.1, -0.05) is 38.5 Å². The summed E-state index contributed by atoms with van der Waals surface area (Å²) in [5, 5.41) is 2.81. The van der Waals surface area contributed by atoms with Gasteiger partial charge in [-0.25, -0.2) is 9.59 Å². The number of benzene rings is 1. The highest BCUT2D eigenvalue weighted by Gasteiger charge is 2.31. The Labute approximate surface area is 125 Å². The van der Waals surface area contributed by atoms with Crippen LogP contribution >= 0.6 is 0 Å². The zero-order chi connectivity index (χ0) is 15.4. The topological polar surface area (TPSA) is 58.6 Å². The fraction of sp³-hybridized carbons (Fsp3) is 0.500. The maximum absolute atomic E-state index is 12.5. The SMILES string of the molecule is CC[C@H](C)[C@H](NC(=O)N1CCc2ccccc21)C(=O)OC. The molecule has 0 aliphatic carbocycles. The Morgan fingerprint density at radius 2 is 2.10 bits per heavy atom. The van der Waals surface area contributed by atoms with Crippen LogP contribution in [0.15, 0.2) is 24.3 Å². The van der Waals surface area contributed by atoms with Crippen LogP contribution in [0.3, 0.4) is 0 Å². The van der Waals surface area contributed by atoms with E-state index >= 15 is 0 Å². The van der Waals surface area contributed by atoms with Gasteiger partial charge in [0.05, 0.1) is 7.11 Å². The van der Waals surface area contributed by atoms with Crippen LogP contribution in [0.2, 0.25) is 0 Å². The van der Waals surface area contributed by atoms with Crippen molar-refractivity contribution in [2.45, 2.75) is 32.7 Å². The molecule has 5 nitrogen and oxygen atoms in total. The van der Waals surface area contributed by atoms with Gasteiger partial charge in [0.1, 0.15) is 6.04 Å². The first-order valence-corrected chi connectivity index (χ1v) is 7.32. The first kappa shape index (κ1) is 15.4. The van der Waals surface area contributed by atoms with Crippen molar-refractivity contribution in [2.24, 2.45) is 5.92 Å². The van der Waals surface area contributed by atoms with Crippen molar-refractivity contribution >= 4 is 17.7 Å². The lowest BCUT2D eigenvalue weighted by atomic mass is 9.99. The Kier molecular flexibility index (Phi) is 4.83. The van der Waals surface area contributed by atoms with E-state index in [2.05, 4.69) is 5.32 Å². The molecule has 2 amide bonds. The fourth-order valence-corrected chi connectivity index (χ4v) is 2.56. The van der Waals surface area contributed by atoms with Gasteiger partial charge in [-0.3, -0.25) is 4.90 Å². The van der Waals surface area contributed by atoms with E-state index in [1.54, 1.807) is 4.90 Å². The number of para-hydroxylation sites is 1. The number of nitrogens with one attached hydrogen (secondary N) is 1. The lowest BCUT2D eigenvalue weighted by Gasteiger charge is -2.25. The number of methoxy groups -OCH3 is 1. The van der Waals surface area contributed by atoms with Crippen molar-refractivity contribution in [3.8, 4) is 0 Å². The standard InChI is InChI=1S/C16H22N2O3/c1-4-11(2)14(15(19)21-3)17-16(20)18-10-9-12-7-5-6-8-13(12)18/h5-8,11,14H,4,9-10H2,1-3H3,(H,17,20)/t11-,14-/m0/s1. The molecule has 1 aliphatic rings. The summed E-state index contributed by atoms with van der Waals surface area (Å²) < 4.78 is 4.80. The number of rotatable bonds is 4. The molecule has 114 valence electrons. The summed E-state index contributed by atoms with van der Waals surface area (Å²) in [7, 11) is 1.34. The summed E-state index contributed by atoms with van der Waals surface area (Å²) in [5.41, 5.74) is 2.08. The second kappa shape index (κ2) is 6.61. The molecule has 0 fully saturated rings. The Morgan fingerprint density at radius 1 is 1.38 bits per heavy atom. The van der Waals surface area contributed by atoms with Crippen LogP contribution in [0.5, 0.6) is 0 Å². The van der Waals surface area contributed by atoms with Gasteiger partial charge in [0, 0.05) is 12.2 Å². The van der Waals surface area contributed by atoms with Crippen molar-refractivity contribution in [3.63, 3.8) is 0 Å². The van der Waals surface area contributed by atoms with E-state index in [1.807, 2.05) is 38.1 Å². The predicted molar refractivity (Wildman–Crippen MR) is 81.3 cm³/mol. The molecule has 0 bridgehead atoms. The Bertz CT molecular complexity index is 530. The molecule has 1 aromatic rings. The van der Waals surface area contributed by atoms with E-state index in [9.17, 15) is 9.59 Å². The van der Waals surface area contributed by atoms with Gasteiger partial charge in [-0.2, -0.15) is 0 Å². The molecule has 2 atom stereocenters. The number of esters is 1. The van der Waals surface area contributed by atoms with Crippen molar-refractivity contribution in [2.75, 3.05) is 18.6 Å². The smallest absolute Gasteiger partial charge is 0.328 e. The maximum atomic E-state index is 12.5. The molecule has 2 rings (SSSR count). The van der Waals surface area contributed by atoms with Crippen molar-refractivity contribution < 1.29 is 14.3 Å². The molecule has 1 heterocycles. The zero-order valence-corrected chi connectivity index (χ0v) is 12.8. The van der Waals surface area contributed by atoms with Crippen LogP contribution in [0.25, 0.3) is 0 Å². The second-order valence-corrected chi connectivity index (χ2v) is 5.37. The van der Waals surface area contributed by atoms with Gasteiger partial charge in [0.15, 0.2) is 0 Å². The molecule has 1 N–H and O–H groups in total. The van der Waals surface area contributed by atoms with Crippen molar-refractivity contribution in [1.29, 1.82) is 0 Å². The summed E-state index contributed by atoms with van der Waals surface area (Å²) in [6.07, 6.45) is 1.63. The number of carbonyl (C=O) groups excluding carboxylic acids is 2.